The summed E-state index contributed by atoms with van der Waals surface area (Å²) in [5.74, 6) is 1.21. The van der Waals surface area contributed by atoms with E-state index >= 15 is 0 Å². The van der Waals surface area contributed by atoms with Crippen LogP contribution in [0.2, 0.25) is 0 Å². The molecule has 0 radical (unpaired) electrons. The van der Waals surface area contributed by atoms with Crippen molar-refractivity contribution in [3.63, 3.8) is 0 Å². The molecule has 114 valence electrons. The standard InChI is InChI=1S/C19H20S3/c1-9(2)15-7-13-17-12(6-11(5)20-17)18-14(19(13)22-15)8-16(21-18)10(3)4/h6-10H,1-5H3. The zero-order chi connectivity index (χ0) is 15.6. The van der Waals surface area contributed by atoms with Gasteiger partial charge in [-0.25, -0.2) is 0 Å². The molecule has 3 heteroatoms. The highest BCUT2D eigenvalue weighted by atomic mass is 32.1. The third-order valence-electron chi connectivity index (χ3n) is 4.23. The second kappa shape index (κ2) is 5.05. The molecule has 0 aliphatic rings. The summed E-state index contributed by atoms with van der Waals surface area (Å²) in [6.07, 6.45) is 0. The molecule has 3 aromatic heterocycles. The molecule has 22 heavy (non-hydrogen) atoms. The molecular weight excluding hydrogens is 324 g/mol. The Morgan fingerprint density at radius 3 is 1.50 bits per heavy atom. The Hall–Kier alpha value is -0.900. The second-order valence-electron chi connectivity index (χ2n) is 6.69. The van der Waals surface area contributed by atoms with E-state index in [1.165, 1.54) is 44.9 Å². The third kappa shape index (κ3) is 2.06. The van der Waals surface area contributed by atoms with Crippen molar-refractivity contribution in [3.05, 3.63) is 32.8 Å². The van der Waals surface area contributed by atoms with E-state index in [9.17, 15) is 0 Å². The van der Waals surface area contributed by atoms with Crippen molar-refractivity contribution in [1.29, 1.82) is 0 Å². The van der Waals surface area contributed by atoms with Crippen LogP contribution in [0.3, 0.4) is 0 Å². The van der Waals surface area contributed by atoms with Gasteiger partial charge in [0.05, 0.1) is 0 Å². The summed E-state index contributed by atoms with van der Waals surface area (Å²) in [6, 6.07) is 7.27. The van der Waals surface area contributed by atoms with Gasteiger partial charge in [0.1, 0.15) is 0 Å². The highest BCUT2D eigenvalue weighted by Crippen LogP contribution is 2.47. The van der Waals surface area contributed by atoms with E-state index in [4.69, 9.17) is 0 Å². The fraction of sp³-hybridized carbons (Fsp3) is 0.368. The van der Waals surface area contributed by atoms with E-state index in [1.54, 1.807) is 0 Å². The molecule has 3 heterocycles. The molecule has 0 nitrogen and oxygen atoms in total. The molecule has 0 fully saturated rings. The quantitative estimate of drug-likeness (QED) is 0.347. The number of aryl methyl sites for hydroxylation is 1. The third-order valence-corrected chi connectivity index (χ3v) is 8.25. The molecular formula is C19H20S3. The van der Waals surface area contributed by atoms with E-state index in [0.717, 1.165) is 0 Å². The van der Waals surface area contributed by atoms with Crippen LogP contribution in [0, 0.1) is 6.92 Å². The van der Waals surface area contributed by atoms with Crippen molar-refractivity contribution in [2.45, 2.75) is 46.5 Å². The monoisotopic (exact) mass is 344 g/mol. The zero-order valence-electron chi connectivity index (χ0n) is 13.6. The summed E-state index contributed by atoms with van der Waals surface area (Å²) in [7, 11) is 0. The number of rotatable bonds is 2. The number of hydrogen-bond acceptors (Lipinski definition) is 3. The molecule has 0 bridgehead atoms. The largest absolute Gasteiger partial charge is 0.140 e. The van der Waals surface area contributed by atoms with E-state index in [-0.39, 0.29) is 0 Å². The number of fused-ring (bicyclic) bond motifs is 6. The highest BCUT2D eigenvalue weighted by molar-refractivity contribution is 7.26. The Balaban J connectivity index is 2.23. The Labute approximate surface area is 143 Å². The molecule has 0 N–H and O–H groups in total. The van der Waals surface area contributed by atoms with Gasteiger partial charge in [0, 0.05) is 44.9 Å². The van der Waals surface area contributed by atoms with Crippen LogP contribution in [0.1, 0.15) is 54.2 Å². The number of hydrogen-bond donors (Lipinski definition) is 0. The van der Waals surface area contributed by atoms with Gasteiger partial charge in [-0.05, 0) is 37.0 Å². The van der Waals surface area contributed by atoms with Crippen molar-refractivity contribution >= 4 is 64.3 Å². The Morgan fingerprint density at radius 1 is 0.636 bits per heavy atom. The molecule has 4 rings (SSSR count). The van der Waals surface area contributed by atoms with Crippen LogP contribution in [0.25, 0.3) is 30.3 Å². The van der Waals surface area contributed by atoms with Crippen LogP contribution in [-0.2, 0) is 0 Å². The zero-order valence-corrected chi connectivity index (χ0v) is 16.1. The number of thiophene rings is 3. The summed E-state index contributed by atoms with van der Waals surface area (Å²) in [6.45, 7) is 11.4. The maximum atomic E-state index is 2.44. The van der Waals surface area contributed by atoms with Crippen molar-refractivity contribution in [2.24, 2.45) is 0 Å². The summed E-state index contributed by atoms with van der Waals surface area (Å²) in [5.41, 5.74) is 0. The SMILES string of the molecule is Cc1cc2c(s1)c1cc(C(C)C)sc1c1cc(C(C)C)sc21. The molecule has 1 aromatic carbocycles. The van der Waals surface area contributed by atoms with Gasteiger partial charge in [-0.15, -0.1) is 34.0 Å². The van der Waals surface area contributed by atoms with Gasteiger partial charge in [-0.3, -0.25) is 0 Å². The predicted octanol–water partition coefficient (Wildman–Crippen LogP) is 7.89. The average Bonchev–Trinajstić information content (AvgIpc) is 3.11. The van der Waals surface area contributed by atoms with Gasteiger partial charge >= 0.3 is 0 Å². The average molecular weight is 345 g/mol. The summed E-state index contributed by atoms with van der Waals surface area (Å²) in [5, 5.41) is 4.42. The fourth-order valence-electron chi connectivity index (χ4n) is 3.01. The van der Waals surface area contributed by atoms with Crippen LogP contribution in [0.5, 0.6) is 0 Å². The van der Waals surface area contributed by atoms with Crippen molar-refractivity contribution < 1.29 is 0 Å². The minimum absolute atomic E-state index is 0.603. The lowest BCUT2D eigenvalue weighted by atomic mass is 10.1. The highest BCUT2D eigenvalue weighted by Gasteiger charge is 2.18. The first-order valence-corrected chi connectivity index (χ1v) is 10.3. The van der Waals surface area contributed by atoms with E-state index in [2.05, 4.69) is 52.8 Å². The molecule has 0 unspecified atom stereocenters. The minimum atomic E-state index is 0.603. The normalized spacial score (nSPS) is 12.7. The molecule has 4 aromatic rings. The predicted molar refractivity (Wildman–Crippen MR) is 106 cm³/mol. The topological polar surface area (TPSA) is 0 Å². The van der Waals surface area contributed by atoms with Gasteiger partial charge in [0.15, 0.2) is 0 Å². The number of benzene rings is 1. The lowest BCUT2D eigenvalue weighted by Crippen LogP contribution is -1.77. The van der Waals surface area contributed by atoms with Crippen molar-refractivity contribution in [2.75, 3.05) is 0 Å². The fourth-order valence-corrected chi connectivity index (χ4v) is 6.62. The molecule has 0 aliphatic heterocycles. The summed E-state index contributed by atoms with van der Waals surface area (Å²) >= 11 is 5.94. The maximum absolute atomic E-state index is 2.44. The van der Waals surface area contributed by atoms with Gasteiger partial charge in [0.2, 0.25) is 0 Å². The van der Waals surface area contributed by atoms with E-state index in [1.807, 2.05) is 34.0 Å². The first kappa shape index (κ1) is 14.7. The minimum Gasteiger partial charge on any atom is -0.140 e. The molecule has 0 amide bonds. The van der Waals surface area contributed by atoms with Crippen LogP contribution in [0.15, 0.2) is 18.2 Å². The smallest absolute Gasteiger partial charge is 0.0447 e. The summed E-state index contributed by atoms with van der Waals surface area (Å²) < 4.78 is 4.48. The van der Waals surface area contributed by atoms with Gasteiger partial charge in [0.25, 0.3) is 0 Å². The van der Waals surface area contributed by atoms with Crippen LogP contribution >= 0.6 is 34.0 Å². The van der Waals surface area contributed by atoms with Crippen LogP contribution in [-0.4, -0.2) is 0 Å². The molecule has 0 atom stereocenters. The Bertz CT molecular complexity index is 913. The Morgan fingerprint density at radius 2 is 1.05 bits per heavy atom. The van der Waals surface area contributed by atoms with Crippen molar-refractivity contribution in [1.82, 2.24) is 0 Å². The Kier molecular flexibility index (Phi) is 3.37. The van der Waals surface area contributed by atoms with Gasteiger partial charge in [-0.1, -0.05) is 27.7 Å². The van der Waals surface area contributed by atoms with Gasteiger partial charge < -0.3 is 0 Å². The lowest BCUT2D eigenvalue weighted by molar-refractivity contribution is 0.890. The summed E-state index contributed by atoms with van der Waals surface area (Å²) in [4.78, 5) is 4.43. The maximum Gasteiger partial charge on any atom is 0.0447 e. The van der Waals surface area contributed by atoms with E-state index < -0.39 is 0 Å². The van der Waals surface area contributed by atoms with Crippen molar-refractivity contribution in [3.8, 4) is 0 Å². The van der Waals surface area contributed by atoms with Gasteiger partial charge in [-0.2, -0.15) is 0 Å². The van der Waals surface area contributed by atoms with Crippen LogP contribution in [0.4, 0.5) is 0 Å². The van der Waals surface area contributed by atoms with Crippen LogP contribution < -0.4 is 0 Å². The molecule has 0 spiro atoms. The first-order valence-electron chi connectivity index (χ1n) is 7.84. The lowest BCUT2D eigenvalue weighted by Gasteiger charge is -1.96. The van der Waals surface area contributed by atoms with E-state index in [0.29, 0.717) is 11.8 Å². The molecule has 0 saturated heterocycles. The second-order valence-corrected chi connectivity index (χ2v) is 10.1. The molecule has 0 aliphatic carbocycles. The first-order chi connectivity index (χ1) is 10.5. The molecule has 0 saturated carbocycles.